The van der Waals surface area contributed by atoms with E-state index >= 15 is 0 Å². The Kier molecular flexibility index (Phi) is 5.20. The summed E-state index contributed by atoms with van der Waals surface area (Å²) in [6.45, 7) is 9.55. The third-order valence-electron chi connectivity index (χ3n) is 2.58. The number of rotatable bonds is 5. The molecule has 2 nitrogen and oxygen atoms in total. The van der Waals surface area contributed by atoms with E-state index in [1.807, 2.05) is 12.4 Å². The number of hydrogen-bond acceptors (Lipinski definition) is 2. The summed E-state index contributed by atoms with van der Waals surface area (Å²) in [5, 5.41) is 3.50. The van der Waals surface area contributed by atoms with Crippen molar-refractivity contribution in [2.45, 2.75) is 40.2 Å². The van der Waals surface area contributed by atoms with Gasteiger partial charge in [0.1, 0.15) is 0 Å². The van der Waals surface area contributed by atoms with Crippen LogP contribution in [0.15, 0.2) is 30.1 Å². The van der Waals surface area contributed by atoms with Gasteiger partial charge in [0.25, 0.3) is 0 Å². The van der Waals surface area contributed by atoms with E-state index in [9.17, 15) is 0 Å². The molecule has 0 saturated heterocycles. The molecule has 0 bridgehead atoms. The topological polar surface area (TPSA) is 24.9 Å². The largest absolute Gasteiger partial charge is 0.307 e. The first kappa shape index (κ1) is 12.9. The van der Waals surface area contributed by atoms with Crippen LogP contribution >= 0.6 is 0 Å². The van der Waals surface area contributed by atoms with Crippen molar-refractivity contribution in [3.63, 3.8) is 0 Å². The third-order valence-corrected chi connectivity index (χ3v) is 2.58. The number of aryl methyl sites for hydroxylation is 1. The van der Waals surface area contributed by atoms with E-state index in [1.165, 1.54) is 16.7 Å². The highest BCUT2D eigenvalue weighted by atomic mass is 14.9. The lowest BCUT2D eigenvalue weighted by Gasteiger charge is -2.18. The van der Waals surface area contributed by atoms with Crippen molar-refractivity contribution in [1.29, 1.82) is 0 Å². The normalized spacial score (nSPS) is 12.2. The fraction of sp³-hybridized carbons (Fsp3) is 0.500. The van der Waals surface area contributed by atoms with Crippen molar-refractivity contribution in [1.82, 2.24) is 10.3 Å². The van der Waals surface area contributed by atoms with E-state index in [1.54, 1.807) is 0 Å². The van der Waals surface area contributed by atoms with Gasteiger partial charge in [-0.05, 0) is 44.0 Å². The van der Waals surface area contributed by atoms with Crippen LogP contribution in [0.2, 0.25) is 0 Å². The maximum absolute atomic E-state index is 4.19. The predicted molar refractivity (Wildman–Crippen MR) is 69.5 cm³/mol. The van der Waals surface area contributed by atoms with E-state index in [0.717, 1.165) is 13.0 Å². The molecule has 1 aromatic rings. The Labute approximate surface area is 98.8 Å². The Bertz CT molecular complexity index is 352. The summed E-state index contributed by atoms with van der Waals surface area (Å²) in [5.41, 5.74) is 4.01. The van der Waals surface area contributed by atoms with Crippen molar-refractivity contribution < 1.29 is 0 Å². The van der Waals surface area contributed by atoms with Gasteiger partial charge in [-0.1, -0.05) is 25.5 Å². The molecule has 0 aliphatic carbocycles. The number of allylic oxidation sites excluding steroid dienone is 1. The van der Waals surface area contributed by atoms with Crippen LogP contribution in [0.25, 0.3) is 0 Å². The maximum Gasteiger partial charge on any atom is 0.0512 e. The van der Waals surface area contributed by atoms with Crippen LogP contribution in [0.3, 0.4) is 0 Å². The zero-order chi connectivity index (χ0) is 12.0. The minimum absolute atomic E-state index is 0.313. The number of likely N-dealkylation sites (N-methyl/N-ethyl adjacent to an activating group) is 1. The van der Waals surface area contributed by atoms with E-state index < -0.39 is 0 Å². The Morgan fingerprint density at radius 2 is 2.19 bits per heavy atom. The lowest BCUT2D eigenvalue weighted by atomic mass is 9.99. The molecule has 0 aromatic carbocycles. The van der Waals surface area contributed by atoms with E-state index in [0.29, 0.717) is 6.04 Å². The second-order valence-electron chi connectivity index (χ2n) is 4.21. The molecule has 0 aliphatic rings. The van der Waals surface area contributed by atoms with Crippen LogP contribution in [0, 0.1) is 0 Å². The first-order valence-electron chi connectivity index (χ1n) is 6.00. The molecule has 0 radical (unpaired) electrons. The van der Waals surface area contributed by atoms with E-state index in [4.69, 9.17) is 0 Å². The Morgan fingerprint density at radius 3 is 2.75 bits per heavy atom. The molecule has 1 N–H and O–H groups in total. The molecule has 16 heavy (non-hydrogen) atoms. The van der Waals surface area contributed by atoms with Crippen molar-refractivity contribution in [3.8, 4) is 0 Å². The lowest BCUT2D eigenvalue weighted by Crippen LogP contribution is -2.20. The van der Waals surface area contributed by atoms with Gasteiger partial charge in [-0.2, -0.15) is 0 Å². The Hall–Kier alpha value is -1.15. The zero-order valence-electron chi connectivity index (χ0n) is 10.7. The van der Waals surface area contributed by atoms with Gasteiger partial charge in [0.05, 0.1) is 6.04 Å². The zero-order valence-corrected chi connectivity index (χ0v) is 10.7. The average Bonchev–Trinajstić information content (AvgIpc) is 2.28. The molecule has 88 valence electrons. The molecule has 0 saturated carbocycles. The smallest absolute Gasteiger partial charge is 0.0512 e. The van der Waals surface area contributed by atoms with Crippen LogP contribution in [0.4, 0.5) is 0 Å². The van der Waals surface area contributed by atoms with Gasteiger partial charge in [-0.3, -0.25) is 4.98 Å². The van der Waals surface area contributed by atoms with Gasteiger partial charge in [-0.15, -0.1) is 0 Å². The predicted octanol–water partition coefficient (Wildman–Crippen LogP) is 3.26. The van der Waals surface area contributed by atoms with E-state index in [2.05, 4.69) is 50.1 Å². The summed E-state index contributed by atoms with van der Waals surface area (Å²) in [6.07, 6.45) is 7.15. The monoisotopic (exact) mass is 218 g/mol. The molecule has 1 unspecified atom stereocenters. The SMILES string of the molecule is CCNC(C=C(C)C)c1ccncc1CC. The molecule has 0 fully saturated rings. The Morgan fingerprint density at radius 1 is 1.44 bits per heavy atom. The molecular formula is C14H22N2. The van der Waals surface area contributed by atoms with Crippen LogP contribution in [-0.4, -0.2) is 11.5 Å². The van der Waals surface area contributed by atoms with Gasteiger partial charge in [0.15, 0.2) is 0 Å². The highest BCUT2D eigenvalue weighted by molar-refractivity contribution is 5.30. The molecule has 1 aromatic heterocycles. The minimum Gasteiger partial charge on any atom is -0.307 e. The first-order valence-corrected chi connectivity index (χ1v) is 6.00. The van der Waals surface area contributed by atoms with Gasteiger partial charge in [0.2, 0.25) is 0 Å². The van der Waals surface area contributed by atoms with Gasteiger partial charge in [0, 0.05) is 12.4 Å². The third kappa shape index (κ3) is 3.46. The highest BCUT2D eigenvalue weighted by Crippen LogP contribution is 2.20. The van der Waals surface area contributed by atoms with Crippen LogP contribution in [-0.2, 0) is 6.42 Å². The average molecular weight is 218 g/mol. The fourth-order valence-corrected chi connectivity index (χ4v) is 1.85. The standard InChI is InChI=1S/C14H22N2/c1-5-12-10-15-8-7-13(12)14(16-6-2)9-11(3)4/h7-10,14,16H,5-6H2,1-4H3. The summed E-state index contributed by atoms with van der Waals surface area (Å²) in [5.74, 6) is 0. The number of pyridine rings is 1. The Balaban J connectivity index is 3.04. The molecular weight excluding hydrogens is 196 g/mol. The highest BCUT2D eigenvalue weighted by Gasteiger charge is 2.10. The molecule has 2 heteroatoms. The number of nitrogens with zero attached hydrogens (tertiary/aromatic N) is 1. The fourth-order valence-electron chi connectivity index (χ4n) is 1.85. The molecule has 1 heterocycles. The number of aromatic nitrogens is 1. The van der Waals surface area contributed by atoms with Crippen molar-refractivity contribution >= 4 is 0 Å². The van der Waals surface area contributed by atoms with Crippen LogP contribution in [0.5, 0.6) is 0 Å². The summed E-state index contributed by atoms with van der Waals surface area (Å²) in [6, 6.07) is 2.43. The maximum atomic E-state index is 4.19. The van der Waals surface area contributed by atoms with Crippen molar-refractivity contribution in [2.24, 2.45) is 0 Å². The number of nitrogens with one attached hydrogen (secondary N) is 1. The van der Waals surface area contributed by atoms with Crippen LogP contribution < -0.4 is 5.32 Å². The van der Waals surface area contributed by atoms with Gasteiger partial charge >= 0.3 is 0 Å². The van der Waals surface area contributed by atoms with Crippen molar-refractivity contribution in [3.05, 3.63) is 41.2 Å². The molecule has 0 aliphatic heterocycles. The second-order valence-corrected chi connectivity index (χ2v) is 4.21. The minimum atomic E-state index is 0.313. The van der Waals surface area contributed by atoms with Crippen molar-refractivity contribution in [2.75, 3.05) is 6.54 Å². The molecule has 0 amide bonds. The van der Waals surface area contributed by atoms with Crippen LogP contribution in [0.1, 0.15) is 44.9 Å². The van der Waals surface area contributed by atoms with Gasteiger partial charge in [-0.25, -0.2) is 0 Å². The summed E-state index contributed by atoms with van der Waals surface area (Å²) in [4.78, 5) is 4.19. The first-order chi connectivity index (χ1) is 7.69. The molecule has 1 rings (SSSR count). The summed E-state index contributed by atoms with van der Waals surface area (Å²) in [7, 11) is 0. The molecule has 0 spiro atoms. The molecule has 1 atom stereocenters. The summed E-state index contributed by atoms with van der Waals surface area (Å²) < 4.78 is 0. The number of hydrogen-bond donors (Lipinski definition) is 1. The second kappa shape index (κ2) is 6.44. The quantitative estimate of drug-likeness (QED) is 0.767. The summed E-state index contributed by atoms with van der Waals surface area (Å²) >= 11 is 0. The lowest BCUT2D eigenvalue weighted by molar-refractivity contribution is 0.638. The van der Waals surface area contributed by atoms with Gasteiger partial charge < -0.3 is 5.32 Å². The van der Waals surface area contributed by atoms with E-state index in [-0.39, 0.29) is 0 Å².